The van der Waals surface area contributed by atoms with E-state index in [2.05, 4.69) is 26.7 Å². The van der Waals surface area contributed by atoms with E-state index in [1.54, 1.807) is 0 Å². The Balaban J connectivity index is 3.05. The van der Waals surface area contributed by atoms with Crippen LogP contribution in [0.2, 0.25) is 0 Å². The third-order valence-electron chi connectivity index (χ3n) is 1.75. The lowest BCUT2D eigenvalue weighted by Crippen LogP contribution is -2.19. The summed E-state index contributed by atoms with van der Waals surface area (Å²) in [7, 11) is 0. The van der Waals surface area contributed by atoms with Gasteiger partial charge in [-0.2, -0.15) is 0 Å². The van der Waals surface area contributed by atoms with Gasteiger partial charge in [-0.25, -0.2) is 0 Å². The maximum absolute atomic E-state index is 5.60. The molecule has 1 nitrogen and oxygen atoms in total. The van der Waals surface area contributed by atoms with Gasteiger partial charge in [0, 0.05) is 13.0 Å². The molecule has 0 atom stereocenters. The number of hydrogen-bond donors (Lipinski definition) is 0. The van der Waals surface area contributed by atoms with Gasteiger partial charge in [-0.15, -0.1) is 12.3 Å². The van der Waals surface area contributed by atoms with E-state index < -0.39 is 0 Å². The Kier molecular flexibility index (Phi) is 6.72. The van der Waals surface area contributed by atoms with Crippen LogP contribution in [0.1, 0.15) is 52.9 Å². The van der Waals surface area contributed by atoms with Crippen LogP contribution in [-0.4, -0.2) is 12.2 Å². The highest BCUT2D eigenvalue weighted by Gasteiger charge is 2.08. The molecule has 76 valence electrons. The number of terminal acetylenes is 1. The van der Waals surface area contributed by atoms with Crippen LogP contribution in [0.25, 0.3) is 0 Å². The van der Waals surface area contributed by atoms with Crippen molar-refractivity contribution in [2.45, 2.75) is 58.5 Å². The van der Waals surface area contributed by atoms with E-state index in [9.17, 15) is 0 Å². The van der Waals surface area contributed by atoms with E-state index >= 15 is 0 Å². The number of rotatable bonds is 6. The van der Waals surface area contributed by atoms with Crippen molar-refractivity contribution in [1.29, 1.82) is 0 Å². The molecule has 0 aliphatic heterocycles. The largest absolute Gasteiger partial charge is 0.376 e. The minimum Gasteiger partial charge on any atom is -0.376 e. The van der Waals surface area contributed by atoms with Crippen molar-refractivity contribution in [1.82, 2.24) is 0 Å². The molecule has 0 aromatic heterocycles. The molecule has 0 rings (SSSR count). The summed E-state index contributed by atoms with van der Waals surface area (Å²) in [5.74, 6) is 2.65. The van der Waals surface area contributed by atoms with E-state index in [0.717, 1.165) is 25.9 Å². The molecule has 0 fully saturated rings. The average molecular weight is 182 g/mol. The van der Waals surface area contributed by atoms with Crippen LogP contribution in [0.5, 0.6) is 0 Å². The van der Waals surface area contributed by atoms with Gasteiger partial charge >= 0.3 is 0 Å². The standard InChI is InChI=1S/C12H22O/c1-5-6-7-8-9-10-11-13-12(2,3)4/h1H,6-11H2,2-4H3. The minimum atomic E-state index is 0.0127. The van der Waals surface area contributed by atoms with Crippen molar-refractivity contribution < 1.29 is 4.74 Å². The predicted molar refractivity (Wildman–Crippen MR) is 57.6 cm³/mol. The molecule has 0 unspecified atom stereocenters. The van der Waals surface area contributed by atoms with E-state index in [4.69, 9.17) is 11.2 Å². The molecule has 0 aromatic carbocycles. The number of ether oxygens (including phenoxy) is 1. The van der Waals surface area contributed by atoms with E-state index in [1.807, 2.05) is 0 Å². The lowest BCUT2D eigenvalue weighted by atomic mass is 10.1. The molecule has 0 aromatic rings. The molecule has 0 bridgehead atoms. The average Bonchev–Trinajstić information content (AvgIpc) is 2.01. The summed E-state index contributed by atoms with van der Waals surface area (Å²) in [6.07, 6.45) is 10.8. The maximum atomic E-state index is 5.60. The summed E-state index contributed by atoms with van der Waals surface area (Å²) >= 11 is 0. The second-order valence-electron chi connectivity index (χ2n) is 4.33. The molecule has 0 amide bonds. The van der Waals surface area contributed by atoms with Crippen molar-refractivity contribution in [3.63, 3.8) is 0 Å². The van der Waals surface area contributed by atoms with E-state index in [1.165, 1.54) is 12.8 Å². The van der Waals surface area contributed by atoms with Crippen LogP contribution < -0.4 is 0 Å². The van der Waals surface area contributed by atoms with Crippen LogP contribution >= 0.6 is 0 Å². The van der Waals surface area contributed by atoms with Crippen molar-refractivity contribution in [3.8, 4) is 12.3 Å². The molecule has 0 saturated heterocycles. The Bertz CT molecular complexity index is 147. The van der Waals surface area contributed by atoms with E-state index in [-0.39, 0.29) is 5.60 Å². The lowest BCUT2D eigenvalue weighted by Gasteiger charge is -2.19. The van der Waals surface area contributed by atoms with Crippen LogP contribution in [0, 0.1) is 12.3 Å². The molecule has 0 radical (unpaired) electrons. The minimum absolute atomic E-state index is 0.0127. The van der Waals surface area contributed by atoms with Gasteiger partial charge in [-0.1, -0.05) is 12.8 Å². The maximum Gasteiger partial charge on any atom is 0.0598 e. The zero-order valence-electron chi connectivity index (χ0n) is 9.23. The van der Waals surface area contributed by atoms with Crippen molar-refractivity contribution in [3.05, 3.63) is 0 Å². The first-order chi connectivity index (χ1) is 6.06. The van der Waals surface area contributed by atoms with Crippen LogP contribution in [-0.2, 0) is 4.74 Å². The van der Waals surface area contributed by atoms with Gasteiger partial charge in [-0.05, 0) is 33.6 Å². The lowest BCUT2D eigenvalue weighted by molar-refractivity contribution is -0.00472. The smallest absolute Gasteiger partial charge is 0.0598 e. The topological polar surface area (TPSA) is 9.23 Å². The third-order valence-corrected chi connectivity index (χ3v) is 1.75. The Morgan fingerprint density at radius 2 is 1.69 bits per heavy atom. The molecule has 0 saturated carbocycles. The quantitative estimate of drug-likeness (QED) is 0.452. The molecule has 0 spiro atoms. The van der Waals surface area contributed by atoms with Crippen molar-refractivity contribution in [2.24, 2.45) is 0 Å². The van der Waals surface area contributed by atoms with Gasteiger partial charge in [0.15, 0.2) is 0 Å². The Labute approximate surface area is 82.9 Å². The van der Waals surface area contributed by atoms with E-state index in [0.29, 0.717) is 0 Å². The molecule has 0 aliphatic rings. The summed E-state index contributed by atoms with van der Waals surface area (Å²) in [6.45, 7) is 7.14. The Morgan fingerprint density at radius 3 is 2.23 bits per heavy atom. The first-order valence-corrected chi connectivity index (χ1v) is 5.14. The molecule has 0 heterocycles. The predicted octanol–water partition coefficient (Wildman–Crippen LogP) is 3.39. The first kappa shape index (κ1) is 12.5. The van der Waals surface area contributed by atoms with Crippen LogP contribution in [0.4, 0.5) is 0 Å². The zero-order chi connectivity index (χ0) is 10.2. The number of hydrogen-bond acceptors (Lipinski definition) is 1. The number of unbranched alkanes of at least 4 members (excludes halogenated alkanes) is 4. The molecular weight excluding hydrogens is 160 g/mol. The summed E-state index contributed by atoms with van der Waals surface area (Å²) < 4.78 is 5.60. The monoisotopic (exact) mass is 182 g/mol. The van der Waals surface area contributed by atoms with Crippen LogP contribution in [0.3, 0.4) is 0 Å². The highest BCUT2D eigenvalue weighted by molar-refractivity contribution is 4.82. The van der Waals surface area contributed by atoms with Gasteiger partial charge in [0.2, 0.25) is 0 Å². The summed E-state index contributed by atoms with van der Waals surface area (Å²) in [5, 5.41) is 0. The summed E-state index contributed by atoms with van der Waals surface area (Å²) in [6, 6.07) is 0. The SMILES string of the molecule is C#CCCCCCCOC(C)(C)C. The van der Waals surface area contributed by atoms with Gasteiger partial charge in [0.25, 0.3) is 0 Å². The van der Waals surface area contributed by atoms with Crippen molar-refractivity contribution >= 4 is 0 Å². The fourth-order valence-corrected chi connectivity index (χ4v) is 1.06. The van der Waals surface area contributed by atoms with Gasteiger partial charge in [0.1, 0.15) is 0 Å². The molecule has 1 heteroatoms. The van der Waals surface area contributed by atoms with Gasteiger partial charge in [-0.3, -0.25) is 0 Å². The highest BCUT2D eigenvalue weighted by Crippen LogP contribution is 2.09. The summed E-state index contributed by atoms with van der Waals surface area (Å²) in [4.78, 5) is 0. The zero-order valence-corrected chi connectivity index (χ0v) is 9.23. The molecule has 0 aliphatic carbocycles. The van der Waals surface area contributed by atoms with Gasteiger partial charge < -0.3 is 4.74 Å². The fourth-order valence-electron chi connectivity index (χ4n) is 1.06. The highest BCUT2D eigenvalue weighted by atomic mass is 16.5. The molecular formula is C12H22O. The Morgan fingerprint density at radius 1 is 1.08 bits per heavy atom. The van der Waals surface area contributed by atoms with Gasteiger partial charge in [0.05, 0.1) is 5.60 Å². The fraction of sp³-hybridized carbons (Fsp3) is 0.833. The molecule has 0 N–H and O–H groups in total. The second-order valence-corrected chi connectivity index (χ2v) is 4.33. The third kappa shape index (κ3) is 11.5. The normalized spacial score (nSPS) is 11.2. The second kappa shape index (κ2) is 6.97. The van der Waals surface area contributed by atoms with Crippen LogP contribution in [0.15, 0.2) is 0 Å². The van der Waals surface area contributed by atoms with Crippen molar-refractivity contribution in [2.75, 3.05) is 6.61 Å². The first-order valence-electron chi connectivity index (χ1n) is 5.14. The molecule has 13 heavy (non-hydrogen) atoms. The Hall–Kier alpha value is -0.480. The summed E-state index contributed by atoms with van der Waals surface area (Å²) in [5.41, 5.74) is 0.0127.